The molecule has 0 unspecified atom stereocenters. The van der Waals surface area contributed by atoms with Gasteiger partial charge in [0.15, 0.2) is 0 Å². The predicted molar refractivity (Wildman–Crippen MR) is 73.3 cm³/mol. The molecule has 2 heterocycles. The van der Waals surface area contributed by atoms with Crippen LogP contribution < -0.4 is 4.74 Å². The molecule has 1 aromatic carbocycles. The molecular formula is C15H10N4O. The normalized spacial score (nSPS) is 10.2. The van der Waals surface area contributed by atoms with Crippen molar-refractivity contribution >= 4 is 10.9 Å². The molecule has 5 heteroatoms. The molecule has 2 aromatic heterocycles. The first-order chi connectivity index (χ1) is 9.74. The number of benzene rings is 1. The number of ether oxygens (including phenoxy) is 1. The summed E-state index contributed by atoms with van der Waals surface area (Å²) in [6.07, 6.45) is 1.61. The van der Waals surface area contributed by atoms with E-state index in [4.69, 9.17) is 10.00 Å². The molecule has 0 N–H and O–H groups in total. The van der Waals surface area contributed by atoms with Crippen molar-refractivity contribution in [2.24, 2.45) is 0 Å². The quantitative estimate of drug-likeness (QED) is 0.709. The second kappa shape index (κ2) is 4.94. The van der Waals surface area contributed by atoms with Crippen LogP contribution in [0.25, 0.3) is 10.9 Å². The summed E-state index contributed by atoms with van der Waals surface area (Å²) in [6, 6.07) is 13.3. The third-order valence-electron chi connectivity index (χ3n) is 2.72. The lowest BCUT2D eigenvalue weighted by molar-refractivity contribution is 0.438. The van der Waals surface area contributed by atoms with Gasteiger partial charge in [-0.15, -0.1) is 0 Å². The topological polar surface area (TPSA) is 71.7 Å². The maximum Gasteiger partial charge on any atom is 0.323 e. The molecule has 0 aliphatic carbocycles. The molecule has 3 rings (SSSR count). The second-order valence-electron chi connectivity index (χ2n) is 4.25. The van der Waals surface area contributed by atoms with Gasteiger partial charge in [-0.1, -0.05) is 18.2 Å². The summed E-state index contributed by atoms with van der Waals surface area (Å²) in [6.45, 7) is 1.79. The van der Waals surface area contributed by atoms with Gasteiger partial charge in [-0.25, -0.2) is 4.98 Å². The van der Waals surface area contributed by atoms with Crippen molar-refractivity contribution in [1.29, 1.82) is 5.26 Å². The Labute approximate surface area is 115 Å². The molecule has 20 heavy (non-hydrogen) atoms. The summed E-state index contributed by atoms with van der Waals surface area (Å²) < 4.78 is 5.57. The first-order valence-electron chi connectivity index (χ1n) is 6.03. The van der Waals surface area contributed by atoms with Gasteiger partial charge in [-0.05, 0) is 25.1 Å². The minimum absolute atomic E-state index is 0.152. The molecule has 0 bridgehead atoms. The third-order valence-corrected chi connectivity index (χ3v) is 2.72. The number of rotatable bonds is 2. The summed E-state index contributed by atoms with van der Waals surface area (Å²) in [4.78, 5) is 12.4. The van der Waals surface area contributed by atoms with E-state index in [2.05, 4.69) is 15.0 Å². The molecule has 0 saturated carbocycles. The van der Waals surface area contributed by atoms with Gasteiger partial charge in [-0.2, -0.15) is 10.2 Å². The van der Waals surface area contributed by atoms with Gasteiger partial charge in [0.2, 0.25) is 0 Å². The molecule has 0 atom stereocenters. The standard InChI is InChI=1S/C15H10N4O/c1-10-6-12(8-16)19-15(18-10)20-13-7-11-4-2-3-5-14(11)17-9-13/h2-7,9H,1H3. The lowest BCUT2D eigenvalue weighted by Gasteiger charge is -2.05. The van der Waals surface area contributed by atoms with Crippen molar-refractivity contribution < 1.29 is 4.74 Å². The number of para-hydroxylation sites is 1. The Bertz CT molecular complexity index is 823. The van der Waals surface area contributed by atoms with E-state index in [1.807, 2.05) is 36.4 Å². The van der Waals surface area contributed by atoms with Crippen LogP contribution in [0.1, 0.15) is 11.4 Å². The zero-order valence-corrected chi connectivity index (χ0v) is 10.7. The highest BCUT2D eigenvalue weighted by molar-refractivity contribution is 5.79. The van der Waals surface area contributed by atoms with Gasteiger partial charge < -0.3 is 4.74 Å². The fourth-order valence-corrected chi connectivity index (χ4v) is 1.86. The number of fused-ring (bicyclic) bond motifs is 1. The lowest BCUT2D eigenvalue weighted by Crippen LogP contribution is -1.96. The highest BCUT2D eigenvalue weighted by atomic mass is 16.5. The fourth-order valence-electron chi connectivity index (χ4n) is 1.86. The van der Waals surface area contributed by atoms with Gasteiger partial charge in [-0.3, -0.25) is 4.98 Å². The van der Waals surface area contributed by atoms with Crippen molar-refractivity contribution in [2.45, 2.75) is 6.92 Å². The summed E-state index contributed by atoms with van der Waals surface area (Å²) in [5, 5.41) is 9.86. The molecule has 0 saturated heterocycles. The second-order valence-corrected chi connectivity index (χ2v) is 4.25. The van der Waals surface area contributed by atoms with Gasteiger partial charge in [0, 0.05) is 11.1 Å². The minimum Gasteiger partial charge on any atom is -0.423 e. The Hall–Kier alpha value is -3.00. The van der Waals surface area contributed by atoms with Crippen molar-refractivity contribution in [1.82, 2.24) is 15.0 Å². The van der Waals surface area contributed by atoms with Crippen molar-refractivity contribution in [3.63, 3.8) is 0 Å². The Kier molecular flexibility index (Phi) is 2.98. The molecule has 96 valence electrons. The fraction of sp³-hybridized carbons (Fsp3) is 0.0667. The summed E-state index contributed by atoms with van der Waals surface area (Å²) in [5.41, 5.74) is 1.85. The Morgan fingerprint density at radius 2 is 2.00 bits per heavy atom. The number of aryl methyl sites for hydroxylation is 1. The Balaban J connectivity index is 1.97. The monoisotopic (exact) mass is 262 g/mol. The maximum atomic E-state index is 8.89. The van der Waals surface area contributed by atoms with E-state index in [0.29, 0.717) is 11.4 Å². The molecular weight excluding hydrogens is 252 g/mol. The summed E-state index contributed by atoms with van der Waals surface area (Å²) in [7, 11) is 0. The SMILES string of the molecule is Cc1cc(C#N)nc(Oc2cnc3ccccc3c2)n1. The van der Waals surface area contributed by atoms with Crippen LogP contribution in [-0.2, 0) is 0 Å². The molecule has 5 nitrogen and oxygen atoms in total. The predicted octanol–water partition coefficient (Wildman–Crippen LogP) is 3.00. The molecule has 0 radical (unpaired) electrons. The van der Waals surface area contributed by atoms with Crippen LogP contribution in [0.2, 0.25) is 0 Å². The van der Waals surface area contributed by atoms with E-state index < -0.39 is 0 Å². The van der Waals surface area contributed by atoms with E-state index in [0.717, 1.165) is 10.9 Å². The van der Waals surface area contributed by atoms with E-state index in [1.54, 1.807) is 19.2 Å². The highest BCUT2D eigenvalue weighted by Crippen LogP contribution is 2.22. The first kappa shape index (κ1) is 12.1. The van der Waals surface area contributed by atoms with E-state index >= 15 is 0 Å². The van der Waals surface area contributed by atoms with Crippen molar-refractivity contribution in [2.75, 3.05) is 0 Å². The zero-order valence-electron chi connectivity index (χ0n) is 10.7. The number of pyridine rings is 1. The Morgan fingerprint density at radius 3 is 2.85 bits per heavy atom. The summed E-state index contributed by atoms with van der Waals surface area (Å²) in [5.74, 6) is 0.540. The molecule has 0 aliphatic rings. The zero-order chi connectivity index (χ0) is 13.9. The first-order valence-corrected chi connectivity index (χ1v) is 6.03. The minimum atomic E-state index is 0.152. The molecule has 0 aliphatic heterocycles. The third kappa shape index (κ3) is 2.40. The van der Waals surface area contributed by atoms with Gasteiger partial charge in [0.05, 0.1) is 11.7 Å². The van der Waals surface area contributed by atoms with Gasteiger partial charge >= 0.3 is 6.01 Å². The molecule has 3 aromatic rings. The smallest absolute Gasteiger partial charge is 0.323 e. The van der Waals surface area contributed by atoms with Crippen LogP contribution in [0, 0.1) is 18.3 Å². The van der Waals surface area contributed by atoms with Crippen LogP contribution in [0.15, 0.2) is 42.6 Å². The number of aromatic nitrogens is 3. The maximum absolute atomic E-state index is 8.89. The van der Waals surface area contributed by atoms with E-state index in [9.17, 15) is 0 Å². The summed E-state index contributed by atoms with van der Waals surface area (Å²) >= 11 is 0. The van der Waals surface area contributed by atoms with Crippen molar-refractivity contribution in [3.05, 3.63) is 54.0 Å². The van der Waals surface area contributed by atoms with Crippen LogP contribution >= 0.6 is 0 Å². The molecule has 0 spiro atoms. The van der Waals surface area contributed by atoms with E-state index in [-0.39, 0.29) is 11.7 Å². The van der Waals surface area contributed by atoms with E-state index in [1.165, 1.54) is 0 Å². The van der Waals surface area contributed by atoms with Crippen LogP contribution in [0.4, 0.5) is 0 Å². The van der Waals surface area contributed by atoms with Crippen LogP contribution in [0.3, 0.4) is 0 Å². The van der Waals surface area contributed by atoms with Gasteiger partial charge in [0.1, 0.15) is 17.5 Å². The molecule has 0 amide bonds. The average molecular weight is 262 g/mol. The number of hydrogen-bond donors (Lipinski definition) is 0. The van der Waals surface area contributed by atoms with Crippen LogP contribution in [0.5, 0.6) is 11.8 Å². The Morgan fingerprint density at radius 1 is 1.15 bits per heavy atom. The largest absolute Gasteiger partial charge is 0.423 e. The highest BCUT2D eigenvalue weighted by Gasteiger charge is 2.05. The molecule has 0 fully saturated rings. The average Bonchev–Trinajstić information content (AvgIpc) is 2.46. The number of nitriles is 1. The van der Waals surface area contributed by atoms with Crippen LogP contribution in [-0.4, -0.2) is 15.0 Å². The lowest BCUT2D eigenvalue weighted by atomic mass is 10.2. The number of hydrogen-bond acceptors (Lipinski definition) is 5. The number of nitrogens with zero attached hydrogens (tertiary/aromatic N) is 4. The van der Waals surface area contributed by atoms with Gasteiger partial charge in [0.25, 0.3) is 0 Å². The van der Waals surface area contributed by atoms with Crippen molar-refractivity contribution in [3.8, 4) is 17.8 Å².